The second-order valence-corrected chi connectivity index (χ2v) is 2.92. The maximum absolute atomic E-state index is 2.08. The van der Waals surface area contributed by atoms with E-state index in [9.17, 15) is 0 Å². The molecule has 1 heteroatoms. The Morgan fingerprint density at radius 3 is 0.923 bits per heavy atom. The molecule has 1 radical (unpaired) electrons. The number of aryl methyl sites for hydroxylation is 2. The van der Waals surface area contributed by atoms with E-state index in [1.54, 1.807) is 0 Å². The summed E-state index contributed by atoms with van der Waals surface area (Å²) in [6.07, 6.45) is 0. The second kappa shape index (κ2) is 6.71. The maximum atomic E-state index is 2.08. The zero-order chi connectivity index (χ0) is 8.81. The van der Waals surface area contributed by atoms with Gasteiger partial charge in [0.2, 0.25) is 0 Å². The minimum atomic E-state index is 0. The first-order valence-electron chi connectivity index (χ1n) is 4.15. The second-order valence-electron chi connectivity index (χ2n) is 2.92. The van der Waals surface area contributed by atoms with Gasteiger partial charge >= 0.3 is 17.1 Å². The van der Waals surface area contributed by atoms with Gasteiger partial charge in [0.15, 0.2) is 0 Å². The fourth-order valence-electron chi connectivity index (χ4n) is 0.940. The van der Waals surface area contributed by atoms with Crippen molar-refractivity contribution in [2.45, 2.75) is 13.8 Å². The molecule has 69 valence electrons. The van der Waals surface area contributed by atoms with E-state index >= 15 is 0 Å². The molecule has 0 fully saturated rings. The number of rotatable bonds is 0. The first-order chi connectivity index (χ1) is 5.79. The van der Waals surface area contributed by atoms with Crippen molar-refractivity contribution in [1.82, 2.24) is 0 Å². The van der Waals surface area contributed by atoms with Gasteiger partial charge in [0, 0.05) is 0 Å². The molecule has 0 saturated heterocycles. The van der Waals surface area contributed by atoms with Crippen molar-refractivity contribution in [1.29, 1.82) is 0 Å². The van der Waals surface area contributed by atoms with Crippen molar-refractivity contribution in [3.05, 3.63) is 59.7 Å². The average molecular weight is 213 g/mol. The molecule has 0 bridgehead atoms. The summed E-state index contributed by atoms with van der Waals surface area (Å²) in [5.74, 6) is 0. The van der Waals surface area contributed by atoms with Gasteiger partial charge in [0.1, 0.15) is 0 Å². The molecule has 0 heterocycles. The van der Waals surface area contributed by atoms with E-state index < -0.39 is 0 Å². The first kappa shape index (κ1) is 12.2. The smallest absolute Gasteiger partial charge is 0.213 e. The van der Waals surface area contributed by atoms with Gasteiger partial charge in [-0.1, -0.05) is 13.8 Å². The van der Waals surface area contributed by atoms with Gasteiger partial charge in [0.25, 0.3) is 0 Å². The van der Waals surface area contributed by atoms with Gasteiger partial charge in [-0.3, -0.25) is 0 Å². The molecule has 2 aromatic carbocycles. The topological polar surface area (TPSA) is 0 Å². The molecule has 0 aliphatic carbocycles. The van der Waals surface area contributed by atoms with Crippen molar-refractivity contribution in [3.63, 3.8) is 0 Å². The number of hydrogen-bond donors (Lipinski definition) is 0. The van der Waals surface area contributed by atoms with Crippen molar-refractivity contribution in [2.24, 2.45) is 0 Å². The van der Waals surface area contributed by atoms with Gasteiger partial charge in [-0.2, -0.15) is 35.4 Å². The normalized spacial score (nSPS) is 8.15. The molecule has 0 unspecified atom stereocenters. The SMILES string of the molecule is C[c-]1cccc1.C[c-]1cccc1.[Mn+2]. The van der Waals surface area contributed by atoms with Crippen LogP contribution >= 0.6 is 0 Å². The quantitative estimate of drug-likeness (QED) is 0.464. The van der Waals surface area contributed by atoms with Crippen LogP contribution in [0.25, 0.3) is 0 Å². The molecular weight excluding hydrogens is 199 g/mol. The van der Waals surface area contributed by atoms with E-state index in [0.29, 0.717) is 0 Å². The third kappa shape index (κ3) is 5.46. The third-order valence-electron chi connectivity index (χ3n) is 1.66. The molecule has 0 aliphatic rings. The predicted molar refractivity (Wildman–Crippen MR) is 53.5 cm³/mol. The van der Waals surface area contributed by atoms with Crippen LogP contribution in [0.15, 0.2) is 48.5 Å². The van der Waals surface area contributed by atoms with E-state index in [-0.39, 0.29) is 17.1 Å². The van der Waals surface area contributed by atoms with Crippen molar-refractivity contribution >= 4 is 0 Å². The molecule has 0 saturated carbocycles. The molecule has 0 nitrogen and oxygen atoms in total. The fraction of sp³-hybridized carbons (Fsp3) is 0.167. The fourth-order valence-corrected chi connectivity index (χ4v) is 0.940. The molecular formula is C12H14Mn. The molecule has 0 spiro atoms. The average Bonchev–Trinajstić information content (AvgIpc) is 2.63. The molecule has 2 rings (SSSR count). The van der Waals surface area contributed by atoms with Crippen molar-refractivity contribution in [3.8, 4) is 0 Å². The van der Waals surface area contributed by atoms with Gasteiger partial charge < -0.3 is 0 Å². The molecule has 13 heavy (non-hydrogen) atoms. The van der Waals surface area contributed by atoms with Crippen LogP contribution in [0.2, 0.25) is 0 Å². The molecule has 0 aliphatic heterocycles. The van der Waals surface area contributed by atoms with Crippen LogP contribution in [-0.2, 0) is 17.1 Å². The monoisotopic (exact) mass is 213 g/mol. The summed E-state index contributed by atoms with van der Waals surface area (Å²) < 4.78 is 0. The molecule has 0 atom stereocenters. The van der Waals surface area contributed by atoms with Gasteiger partial charge in [-0.15, -0.1) is 0 Å². The molecule has 0 amide bonds. The van der Waals surface area contributed by atoms with Gasteiger partial charge in [-0.25, -0.2) is 24.3 Å². The largest absolute Gasteiger partial charge is 2.00 e. The summed E-state index contributed by atoms with van der Waals surface area (Å²) >= 11 is 0. The van der Waals surface area contributed by atoms with Crippen LogP contribution in [0.5, 0.6) is 0 Å². The minimum absolute atomic E-state index is 0. The summed E-state index contributed by atoms with van der Waals surface area (Å²) in [6.45, 7) is 4.17. The Hall–Kier alpha value is -0.781. The van der Waals surface area contributed by atoms with Crippen LogP contribution in [0.3, 0.4) is 0 Å². The van der Waals surface area contributed by atoms with E-state index in [1.165, 1.54) is 11.1 Å². The first-order valence-corrected chi connectivity index (χ1v) is 4.15. The van der Waals surface area contributed by atoms with E-state index in [4.69, 9.17) is 0 Å². The van der Waals surface area contributed by atoms with E-state index in [1.807, 2.05) is 24.3 Å². The Morgan fingerprint density at radius 2 is 0.846 bits per heavy atom. The Labute approximate surface area is 90.8 Å². The van der Waals surface area contributed by atoms with Gasteiger partial charge in [-0.05, 0) is 0 Å². The van der Waals surface area contributed by atoms with Crippen LogP contribution < -0.4 is 0 Å². The standard InChI is InChI=1S/2C6H7.Mn/c2*1-6-4-2-3-5-6;/h2*2-5H,1H3;/q2*-1;+2. The zero-order valence-electron chi connectivity index (χ0n) is 8.00. The Bertz CT molecular complexity index is 245. The summed E-state index contributed by atoms with van der Waals surface area (Å²) in [7, 11) is 0. The van der Waals surface area contributed by atoms with Crippen LogP contribution in [0, 0.1) is 13.8 Å². The molecule has 0 N–H and O–H groups in total. The van der Waals surface area contributed by atoms with E-state index in [0.717, 1.165) is 0 Å². The zero-order valence-corrected chi connectivity index (χ0v) is 9.18. The predicted octanol–water partition coefficient (Wildman–Crippen LogP) is 3.43. The van der Waals surface area contributed by atoms with Crippen molar-refractivity contribution < 1.29 is 17.1 Å². The Balaban J connectivity index is 0.000000206. The van der Waals surface area contributed by atoms with Gasteiger partial charge in [0.05, 0.1) is 0 Å². The summed E-state index contributed by atoms with van der Waals surface area (Å²) in [4.78, 5) is 0. The maximum Gasteiger partial charge on any atom is 2.00 e. The summed E-state index contributed by atoms with van der Waals surface area (Å²) in [6, 6.07) is 16.5. The Morgan fingerprint density at radius 1 is 0.615 bits per heavy atom. The van der Waals surface area contributed by atoms with Crippen molar-refractivity contribution in [2.75, 3.05) is 0 Å². The summed E-state index contributed by atoms with van der Waals surface area (Å²) in [5.41, 5.74) is 2.69. The van der Waals surface area contributed by atoms with Crippen LogP contribution in [0.4, 0.5) is 0 Å². The molecule has 0 aromatic heterocycles. The van der Waals surface area contributed by atoms with E-state index in [2.05, 4.69) is 38.1 Å². The summed E-state index contributed by atoms with van der Waals surface area (Å²) in [5, 5.41) is 0. The third-order valence-corrected chi connectivity index (χ3v) is 1.66. The Kier molecular flexibility index (Phi) is 6.30. The number of hydrogen-bond acceptors (Lipinski definition) is 0. The molecule has 2 aromatic rings. The van der Waals surface area contributed by atoms with Crippen LogP contribution in [0.1, 0.15) is 11.1 Å². The minimum Gasteiger partial charge on any atom is -0.213 e. The van der Waals surface area contributed by atoms with Crippen LogP contribution in [-0.4, -0.2) is 0 Å².